The second kappa shape index (κ2) is 11.0. The number of carbonyl (C=O) groups is 2. The number of hydrogen-bond donors (Lipinski definition) is 2. The number of nitrogens with zero attached hydrogens (tertiary/aromatic N) is 3. The highest BCUT2D eigenvalue weighted by molar-refractivity contribution is 7.91. The van der Waals surface area contributed by atoms with Gasteiger partial charge in [0.2, 0.25) is 5.91 Å². The molecule has 38 heavy (non-hydrogen) atoms. The minimum atomic E-state index is -3.14. The van der Waals surface area contributed by atoms with Gasteiger partial charge in [-0.3, -0.25) is 9.59 Å². The van der Waals surface area contributed by atoms with Crippen LogP contribution in [0.2, 0.25) is 0 Å². The summed E-state index contributed by atoms with van der Waals surface area (Å²) >= 11 is 0. The molecule has 1 aliphatic carbocycles. The summed E-state index contributed by atoms with van der Waals surface area (Å²) in [5.74, 6) is -0.788. The maximum atomic E-state index is 13.3. The van der Waals surface area contributed by atoms with Crippen molar-refractivity contribution in [2.75, 3.05) is 31.1 Å². The Morgan fingerprint density at radius 2 is 1.76 bits per heavy atom. The Morgan fingerprint density at radius 3 is 2.42 bits per heavy atom. The van der Waals surface area contributed by atoms with E-state index in [1.54, 1.807) is 59.5 Å². The zero-order chi connectivity index (χ0) is 26.7. The first-order chi connectivity index (χ1) is 18.3. The maximum Gasteiger partial charge on any atom is 0.251 e. The quantitative estimate of drug-likeness (QED) is 0.430. The van der Waals surface area contributed by atoms with Crippen molar-refractivity contribution >= 4 is 21.7 Å². The summed E-state index contributed by atoms with van der Waals surface area (Å²) in [6, 6.07) is 14.6. The Balaban J connectivity index is 1.21. The van der Waals surface area contributed by atoms with Gasteiger partial charge in [0.1, 0.15) is 11.9 Å². The van der Waals surface area contributed by atoms with Gasteiger partial charge in [0.25, 0.3) is 5.91 Å². The molecule has 0 radical (unpaired) electrons. The summed E-state index contributed by atoms with van der Waals surface area (Å²) in [4.78, 5) is 27.9. The van der Waals surface area contributed by atoms with E-state index in [4.69, 9.17) is 0 Å². The smallest absolute Gasteiger partial charge is 0.251 e. The number of sulfone groups is 1. The molecular formula is C27H30FN5O4S. The first kappa shape index (κ1) is 26.1. The Bertz CT molecular complexity index is 1360. The van der Waals surface area contributed by atoms with E-state index in [2.05, 4.69) is 15.7 Å². The molecule has 2 N–H and O–H groups in total. The van der Waals surface area contributed by atoms with Gasteiger partial charge >= 0.3 is 0 Å². The van der Waals surface area contributed by atoms with Crippen LogP contribution in [0, 0.1) is 5.82 Å². The fraction of sp³-hybridized carbons (Fsp3) is 0.370. The summed E-state index contributed by atoms with van der Waals surface area (Å²) in [6.45, 7) is 0.729. The molecule has 2 fully saturated rings. The first-order valence-electron chi connectivity index (χ1n) is 12.7. The Hall–Kier alpha value is -3.57. The van der Waals surface area contributed by atoms with Crippen molar-refractivity contribution in [3.63, 3.8) is 0 Å². The normalized spacial score (nSPS) is 21.0. The lowest BCUT2D eigenvalue weighted by Gasteiger charge is -2.30. The molecule has 9 nitrogen and oxygen atoms in total. The van der Waals surface area contributed by atoms with Gasteiger partial charge in [0.05, 0.1) is 17.2 Å². The van der Waals surface area contributed by atoms with Crippen molar-refractivity contribution in [3.8, 4) is 5.69 Å². The number of nitrogens with one attached hydrogen (secondary N) is 2. The Kier molecular flexibility index (Phi) is 7.57. The van der Waals surface area contributed by atoms with Gasteiger partial charge in [-0.1, -0.05) is 12.1 Å². The highest BCUT2D eigenvalue weighted by Gasteiger charge is 2.38. The summed E-state index contributed by atoms with van der Waals surface area (Å²) in [7, 11) is -3.14. The highest BCUT2D eigenvalue weighted by atomic mass is 32.2. The molecule has 5 rings (SSSR count). The molecule has 1 saturated carbocycles. The third-order valence-corrected chi connectivity index (χ3v) is 8.70. The standard InChI is InChI=1S/C27H30FN5O4S/c28-21-6-2-19(3-7-21)23-18-25(23)29-12-10-24(27(35)32-14-16-38(36,37)17-15-32)31-26(34)20-4-8-22(9-5-20)33-13-1-11-30-33/h1-9,11,13,23-25,29H,10,12,14-18H2,(H,31,34)/t23-,24-,25+/m0/s1. The largest absolute Gasteiger partial charge is 0.340 e. The average Bonchev–Trinajstić information content (AvgIpc) is 3.46. The van der Waals surface area contributed by atoms with Crippen molar-refractivity contribution in [2.24, 2.45) is 0 Å². The lowest BCUT2D eigenvalue weighted by atomic mass is 10.1. The predicted octanol–water partition coefficient (Wildman–Crippen LogP) is 1.90. The Labute approximate surface area is 220 Å². The second-order valence-electron chi connectivity index (χ2n) is 9.74. The number of aromatic nitrogens is 2. The number of amides is 2. The number of halogens is 1. The van der Waals surface area contributed by atoms with Gasteiger partial charge < -0.3 is 15.5 Å². The van der Waals surface area contributed by atoms with Gasteiger partial charge in [-0.05, 0) is 67.4 Å². The lowest BCUT2D eigenvalue weighted by Crippen LogP contribution is -2.53. The summed E-state index contributed by atoms with van der Waals surface area (Å²) in [6.07, 6.45) is 4.74. The van der Waals surface area contributed by atoms with Crippen molar-refractivity contribution in [3.05, 3.63) is 83.9 Å². The van der Waals surface area contributed by atoms with Gasteiger partial charge in [0.15, 0.2) is 9.84 Å². The van der Waals surface area contributed by atoms with Crippen LogP contribution in [0.25, 0.3) is 5.69 Å². The van der Waals surface area contributed by atoms with Crippen LogP contribution in [0.4, 0.5) is 4.39 Å². The lowest BCUT2D eigenvalue weighted by molar-refractivity contribution is -0.133. The van der Waals surface area contributed by atoms with Crippen LogP contribution in [0.3, 0.4) is 0 Å². The van der Waals surface area contributed by atoms with E-state index in [-0.39, 0.29) is 48.3 Å². The average molecular weight is 540 g/mol. The van der Waals surface area contributed by atoms with E-state index in [1.807, 2.05) is 0 Å². The minimum absolute atomic E-state index is 0.0754. The molecule has 2 amide bonds. The van der Waals surface area contributed by atoms with Gasteiger partial charge in [-0.2, -0.15) is 5.10 Å². The van der Waals surface area contributed by atoms with Crippen LogP contribution in [-0.2, 0) is 14.6 Å². The van der Waals surface area contributed by atoms with E-state index < -0.39 is 15.9 Å². The fourth-order valence-electron chi connectivity index (χ4n) is 4.75. The van der Waals surface area contributed by atoms with Crippen molar-refractivity contribution in [1.29, 1.82) is 0 Å². The molecule has 0 bridgehead atoms. The third kappa shape index (κ3) is 6.28. The molecule has 2 aromatic carbocycles. The zero-order valence-corrected chi connectivity index (χ0v) is 21.6. The van der Waals surface area contributed by atoms with Crippen LogP contribution in [0.5, 0.6) is 0 Å². The fourth-order valence-corrected chi connectivity index (χ4v) is 5.95. The van der Waals surface area contributed by atoms with Crippen molar-refractivity contribution < 1.29 is 22.4 Å². The van der Waals surface area contributed by atoms with E-state index in [1.165, 1.54) is 17.0 Å². The van der Waals surface area contributed by atoms with E-state index in [0.29, 0.717) is 24.4 Å². The molecule has 0 unspecified atom stereocenters. The summed E-state index contributed by atoms with van der Waals surface area (Å²) in [5.41, 5.74) is 2.28. The van der Waals surface area contributed by atoms with Crippen molar-refractivity contribution in [1.82, 2.24) is 25.3 Å². The first-order valence-corrected chi connectivity index (χ1v) is 14.5. The van der Waals surface area contributed by atoms with Crippen LogP contribution in [0.1, 0.15) is 34.7 Å². The monoisotopic (exact) mass is 539 g/mol. The van der Waals surface area contributed by atoms with E-state index >= 15 is 0 Å². The van der Waals surface area contributed by atoms with Crippen LogP contribution >= 0.6 is 0 Å². The predicted molar refractivity (Wildman–Crippen MR) is 140 cm³/mol. The molecular weight excluding hydrogens is 509 g/mol. The third-order valence-electron chi connectivity index (χ3n) is 7.09. The van der Waals surface area contributed by atoms with E-state index in [9.17, 15) is 22.4 Å². The number of benzene rings is 2. The molecule has 3 atom stereocenters. The molecule has 2 aliphatic rings. The van der Waals surface area contributed by atoms with E-state index in [0.717, 1.165) is 17.7 Å². The molecule has 3 aromatic rings. The van der Waals surface area contributed by atoms with Crippen LogP contribution < -0.4 is 10.6 Å². The number of carbonyl (C=O) groups excluding carboxylic acids is 2. The molecule has 1 aromatic heterocycles. The topological polar surface area (TPSA) is 113 Å². The van der Waals surface area contributed by atoms with Gasteiger partial charge in [-0.25, -0.2) is 17.5 Å². The zero-order valence-electron chi connectivity index (χ0n) is 20.8. The molecule has 11 heteroatoms. The van der Waals surface area contributed by atoms with Gasteiger partial charge in [-0.15, -0.1) is 0 Å². The Morgan fingerprint density at radius 1 is 1.05 bits per heavy atom. The molecule has 200 valence electrons. The minimum Gasteiger partial charge on any atom is -0.340 e. The SMILES string of the molecule is O=C(N[C@@H](CCN[C@@H]1C[C@H]1c1ccc(F)cc1)C(=O)N1CCS(=O)(=O)CC1)c1ccc(-n2cccn2)cc1. The van der Waals surface area contributed by atoms with Crippen LogP contribution in [-0.4, -0.2) is 78.1 Å². The second-order valence-corrected chi connectivity index (χ2v) is 12.0. The summed E-state index contributed by atoms with van der Waals surface area (Å²) < 4.78 is 38.6. The maximum absolute atomic E-state index is 13.3. The van der Waals surface area contributed by atoms with Crippen molar-refractivity contribution in [2.45, 2.75) is 30.8 Å². The van der Waals surface area contributed by atoms with Gasteiger partial charge in [0, 0.05) is 43.0 Å². The van der Waals surface area contributed by atoms with Crippen LogP contribution in [0.15, 0.2) is 67.0 Å². The molecule has 2 heterocycles. The highest BCUT2D eigenvalue weighted by Crippen LogP contribution is 2.40. The number of hydrogen-bond acceptors (Lipinski definition) is 6. The molecule has 0 spiro atoms. The molecule has 1 saturated heterocycles. The number of rotatable bonds is 9. The summed E-state index contributed by atoms with van der Waals surface area (Å²) in [5, 5.41) is 10.5. The molecule has 1 aliphatic heterocycles.